The van der Waals surface area contributed by atoms with Gasteiger partial charge in [0.1, 0.15) is 0 Å². The van der Waals surface area contributed by atoms with E-state index in [1.165, 1.54) is 32.4 Å². The van der Waals surface area contributed by atoms with Crippen molar-refractivity contribution in [3.05, 3.63) is 74.4 Å². The fourth-order valence-electron chi connectivity index (χ4n) is 5.04. The maximum atomic E-state index is 13.1. The highest BCUT2D eigenvalue weighted by atomic mass is 35.5. The van der Waals surface area contributed by atoms with Crippen molar-refractivity contribution in [3.63, 3.8) is 0 Å². The molecule has 3 heterocycles. The monoisotopic (exact) mass is 563 g/mol. The molecular weight excluding hydrogens is 529 g/mol. The maximum Gasteiger partial charge on any atom is 0.256 e. The second-order valence-corrected chi connectivity index (χ2v) is 10.7. The molecule has 5 rings (SSSR count). The molecule has 2 saturated heterocycles. The lowest BCUT2D eigenvalue weighted by Crippen LogP contribution is -2.48. The number of carbonyl (C=O) groups excluding carboxylic acids is 1. The van der Waals surface area contributed by atoms with Gasteiger partial charge >= 0.3 is 0 Å². The van der Waals surface area contributed by atoms with Crippen LogP contribution in [0.1, 0.15) is 53.6 Å². The molecule has 5 nitrogen and oxygen atoms in total. The summed E-state index contributed by atoms with van der Waals surface area (Å²) in [5.74, 6) is 0.0851. The van der Waals surface area contributed by atoms with E-state index in [0.29, 0.717) is 26.7 Å². The molecule has 0 atom stereocenters. The Morgan fingerprint density at radius 3 is 2.14 bits per heavy atom. The molecule has 0 radical (unpaired) electrons. The Morgan fingerprint density at radius 1 is 0.865 bits per heavy atom. The van der Waals surface area contributed by atoms with E-state index < -0.39 is 0 Å². The summed E-state index contributed by atoms with van der Waals surface area (Å²) in [6.07, 6.45) is 7.91. The number of likely N-dealkylation sites (tertiary alicyclic amines) is 2. The molecule has 0 bridgehead atoms. The summed E-state index contributed by atoms with van der Waals surface area (Å²) < 4.78 is 0. The van der Waals surface area contributed by atoms with Gasteiger partial charge in [0.25, 0.3) is 5.91 Å². The first-order valence-electron chi connectivity index (χ1n) is 12.8. The SMILES string of the molecule is CO.Cc1ccc(Cl)c(Cl)c1.Cc1ccnc2c(C(=O)N3CCC(N4CCCCC4)CC3)ccc(Cl)c12. The topological polar surface area (TPSA) is 56.7 Å². The smallest absolute Gasteiger partial charge is 0.256 e. The summed E-state index contributed by atoms with van der Waals surface area (Å²) in [5, 5.41) is 9.79. The Hall–Kier alpha value is -1.89. The number of piperidine rings is 2. The number of halogens is 3. The number of aromatic nitrogens is 1. The fourth-order valence-corrected chi connectivity index (χ4v) is 5.70. The number of nitrogens with zero attached hydrogens (tertiary/aromatic N) is 3. The minimum Gasteiger partial charge on any atom is -0.400 e. The van der Waals surface area contributed by atoms with E-state index in [-0.39, 0.29) is 5.91 Å². The van der Waals surface area contributed by atoms with E-state index in [0.717, 1.165) is 55.1 Å². The average molecular weight is 565 g/mol. The van der Waals surface area contributed by atoms with Gasteiger partial charge in [0, 0.05) is 37.8 Å². The molecule has 0 saturated carbocycles. The van der Waals surface area contributed by atoms with Crippen molar-refractivity contribution in [2.24, 2.45) is 0 Å². The largest absolute Gasteiger partial charge is 0.400 e. The van der Waals surface area contributed by atoms with Gasteiger partial charge in [-0.05, 0) is 94.1 Å². The molecule has 0 spiro atoms. The van der Waals surface area contributed by atoms with Crippen molar-refractivity contribution in [2.45, 2.75) is 52.0 Å². The van der Waals surface area contributed by atoms with Crippen LogP contribution in [0.4, 0.5) is 0 Å². The predicted molar refractivity (Wildman–Crippen MR) is 155 cm³/mol. The third-order valence-electron chi connectivity index (χ3n) is 7.01. The van der Waals surface area contributed by atoms with Crippen molar-refractivity contribution in [2.75, 3.05) is 33.3 Å². The van der Waals surface area contributed by atoms with Crippen LogP contribution in [0.5, 0.6) is 0 Å². The lowest BCUT2D eigenvalue weighted by molar-refractivity contribution is 0.0591. The summed E-state index contributed by atoms with van der Waals surface area (Å²) in [7, 11) is 1.00. The van der Waals surface area contributed by atoms with Crippen LogP contribution in [0.3, 0.4) is 0 Å². The van der Waals surface area contributed by atoms with Gasteiger partial charge in [-0.25, -0.2) is 0 Å². The molecule has 2 fully saturated rings. The van der Waals surface area contributed by atoms with Crippen LogP contribution in [0.15, 0.2) is 42.6 Å². The first-order valence-corrected chi connectivity index (χ1v) is 13.9. The third kappa shape index (κ3) is 7.58. The number of amides is 1. The molecule has 37 heavy (non-hydrogen) atoms. The summed E-state index contributed by atoms with van der Waals surface area (Å²) in [6.45, 7) is 8.09. The second kappa shape index (κ2) is 14.3. The van der Waals surface area contributed by atoms with Crippen molar-refractivity contribution >= 4 is 51.6 Å². The number of aliphatic hydroxyl groups is 1. The number of rotatable bonds is 2. The number of aliphatic hydroxyl groups excluding tert-OH is 1. The Morgan fingerprint density at radius 2 is 1.51 bits per heavy atom. The zero-order valence-corrected chi connectivity index (χ0v) is 24.1. The van der Waals surface area contributed by atoms with Crippen molar-refractivity contribution < 1.29 is 9.90 Å². The van der Waals surface area contributed by atoms with Gasteiger partial charge in [-0.2, -0.15) is 0 Å². The number of fused-ring (bicyclic) bond motifs is 1. The van der Waals surface area contributed by atoms with E-state index in [1.54, 1.807) is 12.3 Å². The fraction of sp³-hybridized carbons (Fsp3) is 0.448. The summed E-state index contributed by atoms with van der Waals surface area (Å²) in [5.41, 5.74) is 3.58. The molecule has 0 aliphatic carbocycles. The van der Waals surface area contributed by atoms with Crippen LogP contribution in [0, 0.1) is 13.8 Å². The highest BCUT2D eigenvalue weighted by Crippen LogP contribution is 2.29. The number of benzene rings is 2. The van der Waals surface area contributed by atoms with Crippen LogP contribution >= 0.6 is 34.8 Å². The summed E-state index contributed by atoms with van der Waals surface area (Å²) in [6, 6.07) is 11.8. The van der Waals surface area contributed by atoms with Gasteiger partial charge in [-0.15, -0.1) is 0 Å². The molecule has 2 aliphatic heterocycles. The Balaban J connectivity index is 0.000000291. The molecule has 1 amide bonds. The lowest BCUT2D eigenvalue weighted by Gasteiger charge is -2.40. The standard InChI is InChI=1S/C21H26ClN3O.C7H6Cl2.CH4O/c1-15-7-10-23-20-17(5-6-18(22)19(15)20)21(26)25-13-8-16(9-14-25)24-11-3-2-4-12-24;1-5-2-3-6(8)7(9)4-5;1-2/h5-7,10,16H,2-4,8-9,11-14H2,1H3;2-4H,1H3;2H,1H3. The van der Waals surface area contributed by atoms with Gasteiger partial charge < -0.3 is 14.9 Å². The molecule has 0 unspecified atom stereocenters. The van der Waals surface area contributed by atoms with Gasteiger partial charge in [-0.1, -0.05) is 47.3 Å². The number of aryl methyl sites for hydroxylation is 2. The van der Waals surface area contributed by atoms with Gasteiger partial charge in [0.2, 0.25) is 0 Å². The number of carbonyl (C=O) groups is 1. The van der Waals surface area contributed by atoms with E-state index in [9.17, 15) is 4.79 Å². The average Bonchev–Trinajstić information content (AvgIpc) is 2.93. The maximum absolute atomic E-state index is 13.1. The van der Waals surface area contributed by atoms with Crippen LogP contribution in [0.2, 0.25) is 15.1 Å². The normalized spacial score (nSPS) is 16.5. The third-order valence-corrected chi connectivity index (χ3v) is 8.07. The summed E-state index contributed by atoms with van der Waals surface area (Å²) >= 11 is 17.7. The van der Waals surface area contributed by atoms with Crippen molar-refractivity contribution in [1.82, 2.24) is 14.8 Å². The van der Waals surface area contributed by atoms with E-state index in [1.807, 2.05) is 49.1 Å². The predicted octanol–water partition coefficient (Wildman–Crippen LogP) is 7.20. The van der Waals surface area contributed by atoms with Crippen molar-refractivity contribution in [1.29, 1.82) is 0 Å². The van der Waals surface area contributed by atoms with E-state index in [4.69, 9.17) is 39.9 Å². The minimum atomic E-state index is 0.0851. The molecule has 2 aliphatic rings. The number of pyridine rings is 1. The van der Waals surface area contributed by atoms with Gasteiger partial charge in [0.15, 0.2) is 0 Å². The Kier molecular flexibility index (Phi) is 11.5. The molecular formula is C29H36Cl3N3O2. The quantitative estimate of drug-likeness (QED) is 0.358. The highest BCUT2D eigenvalue weighted by molar-refractivity contribution is 6.42. The second-order valence-electron chi connectivity index (χ2n) is 9.48. The van der Waals surface area contributed by atoms with Gasteiger partial charge in [0.05, 0.1) is 26.1 Å². The molecule has 1 aromatic heterocycles. The lowest BCUT2D eigenvalue weighted by atomic mass is 9.98. The van der Waals surface area contributed by atoms with Crippen LogP contribution in [-0.4, -0.2) is 65.1 Å². The summed E-state index contributed by atoms with van der Waals surface area (Å²) in [4.78, 5) is 22.2. The van der Waals surface area contributed by atoms with Gasteiger partial charge in [-0.3, -0.25) is 9.78 Å². The van der Waals surface area contributed by atoms with Crippen molar-refractivity contribution in [3.8, 4) is 0 Å². The molecule has 2 aromatic carbocycles. The minimum absolute atomic E-state index is 0.0851. The zero-order valence-electron chi connectivity index (χ0n) is 21.8. The van der Waals surface area contributed by atoms with E-state index in [2.05, 4.69) is 9.88 Å². The molecule has 3 aromatic rings. The molecule has 1 N–H and O–H groups in total. The molecule has 200 valence electrons. The number of hydrogen-bond donors (Lipinski definition) is 1. The Bertz CT molecular complexity index is 1180. The van der Waals surface area contributed by atoms with Crippen LogP contribution in [-0.2, 0) is 0 Å². The number of hydrogen-bond acceptors (Lipinski definition) is 4. The van der Waals surface area contributed by atoms with Crippen LogP contribution in [0.25, 0.3) is 10.9 Å². The van der Waals surface area contributed by atoms with E-state index >= 15 is 0 Å². The molecule has 8 heteroatoms. The van der Waals surface area contributed by atoms with Crippen LogP contribution < -0.4 is 0 Å². The Labute approximate surface area is 235 Å². The first kappa shape index (κ1) is 29.7. The zero-order chi connectivity index (χ0) is 26.9. The first-order chi connectivity index (χ1) is 17.8. The highest BCUT2D eigenvalue weighted by Gasteiger charge is 2.29.